The van der Waals surface area contributed by atoms with Crippen LogP contribution in [0.2, 0.25) is 0 Å². The molecule has 2 aromatic carbocycles. The van der Waals surface area contributed by atoms with Crippen molar-refractivity contribution in [3.05, 3.63) is 53.7 Å². The van der Waals surface area contributed by atoms with E-state index in [1.807, 2.05) is 18.2 Å². The lowest BCUT2D eigenvalue weighted by Crippen LogP contribution is -2.69. The second kappa shape index (κ2) is 10.6. The highest BCUT2D eigenvalue weighted by molar-refractivity contribution is 5.93. The molecule has 0 radical (unpaired) electrons. The zero-order valence-electron chi connectivity index (χ0n) is 22.8. The molecule has 2 saturated heterocycles. The van der Waals surface area contributed by atoms with Gasteiger partial charge < -0.3 is 39.4 Å². The van der Waals surface area contributed by atoms with Crippen LogP contribution in [0.1, 0.15) is 17.3 Å². The van der Waals surface area contributed by atoms with Crippen LogP contribution in [0.3, 0.4) is 0 Å². The van der Waals surface area contributed by atoms with E-state index in [0.717, 1.165) is 27.9 Å². The Hall–Kier alpha value is -3.80. The van der Waals surface area contributed by atoms with E-state index >= 15 is 0 Å². The number of morpholine rings is 1. The van der Waals surface area contributed by atoms with Gasteiger partial charge in [-0.1, -0.05) is 0 Å². The average molecular weight is 550 g/mol. The highest BCUT2D eigenvalue weighted by Crippen LogP contribution is 2.48. The summed E-state index contributed by atoms with van der Waals surface area (Å²) < 4.78 is 16.1. The van der Waals surface area contributed by atoms with Crippen LogP contribution >= 0.6 is 0 Å². The molecular weight excluding hydrogens is 514 g/mol. The summed E-state index contributed by atoms with van der Waals surface area (Å²) >= 11 is 0. The number of carbonyl (C=O) groups is 2. The lowest BCUT2D eigenvalue weighted by Gasteiger charge is -2.56. The number of carbonyl (C=O) groups excluding carboxylic acids is 2. The van der Waals surface area contributed by atoms with Crippen LogP contribution in [0, 0.1) is 0 Å². The first kappa shape index (κ1) is 26.4. The van der Waals surface area contributed by atoms with Gasteiger partial charge in [-0.25, -0.2) is 4.79 Å². The number of aliphatic hydroxyl groups excluding tert-OH is 1. The molecule has 11 nitrogen and oxygen atoms in total. The number of rotatable bonds is 6. The Kier molecular flexibility index (Phi) is 7.03. The topological polar surface area (TPSA) is 120 Å². The largest absolute Gasteiger partial charge is 0.497 e. The van der Waals surface area contributed by atoms with Crippen LogP contribution in [0.15, 0.2) is 42.5 Å². The van der Waals surface area contributed by atoms with Crippen molar-refractivity contribution in [3.8, 4) is 11.5 Å². The molecule has 1 aromatic heterocycles. The van der Waals surface area contributed by atoms with Crippen LogP contribution < -0.4 is 14.8 Å². The molecule has 6 rings (SSSR count). The number of fused-ring (bicyclic) bond motifs is 4. The molecule has 0 aliphatic carbocycles. The van der Waals surface area contributed by atoms with Crippen LogP contribution in [0.5, 0.6) is 11.5 Å². The number of anilines is 1. The summed E-state index contributed by atoms with van der Waals surface area (Å²) in [6, 6.07) is 12.4. The first-order valence-electron chi connectivity index (χ1n) is 13.5. The molecule has 3 aromatic rings. The molecule has 40 heavy (non-hydrogen) atoms. The molecule has 0 bridgehead atoms. The number of benzene rings is 2. The number of hydrogen-bond donors (Lipinski definition) is 3. The van der Waals surface area contributed by atoms with Gasteiger partial charge in [-0.05, 0) is 42.0 Å². The number of likely N-dealkylation sites (tertiary alicyclic amines) is 1. The molecule has 11 heteroatoms. The predicted molar refractivity (Wildman–Crippen MR) is 149 cm³/mol. The Bertz CT molecular complexity index is 1390. The number of nitrogens with zero attached hydrogens (tertiary/aromatic N) is 3. The number of H-pyrrole nitrogens is 1. The second-order valence-corrected chi connectivity index (χ2v) is 10.7. The van der Waals surface area contributed by atoms with Gasteiger partial charge in [0.1, 0.15) is 11.5 Å². The molecule has 3 aliphatic heterocycles. The number of aliphatic hydroxyl groups is 1. The number of hydrogen-bond acceptors (Lipinski definition) is 7. The van der Waals surface area contributed by atoms with Crippen molar-refractivity contribution >= 4 is 28.5 Å². The van der Waals surface area contributed by atoms with E-state index in [1.54, 1.807) is 48.3 Å². The van der Waals surface area contributed by atoms with Crippen LogP contribution in [-0.4, -0.2) is 110 Å². The minimum atomic E-state index is -0.505. The molecule has 3 aliphatic rings. The molecule has 0 saturated carbocycles. The van der Waals surface area contributed by atoms with E-state index in [9.17, 15) is 14.7 Å². The van der Waals surface area contributed by atoms with Crippen molar-refractivity contribution in [1.29, 1.82) is 0 Å². The highest BCUT2D eigenvalue weighted by Gasteiger charge is 2.55. The first-order chi connectivity index (χ1) is 19.4. The number of methoxy groups -OCH3 is 2. The van der Waals surface area contributed by atoms with E-state index in [1.165, 1.54) is 0 Å². The standard InChI is InChI=1S/C29H35N5O6/c1-38-20-5-3-19(4-6-20)30-28(37)33-16-29(17-33)18-34(25(36)14-32-9-11-40-12-10-32)24(15-35)27-26(29)22-8-7-21(39-2)13-23(22)31-27/h3-8,13,24,31,35H,9-12,14-18H2,1-2H3,(H,30,37)/t24-/m0/s1. The summed E-state index contributed by atoms with van der Waals surface area (Å²) in [5.41, 5.74) is 2.98. The van der Waals surface area contributed by atoms with Gasteiger partial charge in [0.25, 0.3) is 0 Å². The highest BCUT2D eigenvalue weighted by atomic mass is 16.5. The summed E-state index contributed by atoms with van der Waals surface area (Å²) in [6.45, 7) is 3.97. The minimum Gasteiger partial charge on any atom is -0.497 e. The third-order valence-electron chi connectivity index (χ3n) is 8.32. The smallest absolute Gasteiger partial charge is 0.321 e. The van der Waals surface area contributed by atoms with Crippen LogP contribution in [-0.2, 0) is 14.9 Å². The molecule has 3 amide bonds. The van der Waals surface area contributed by atoms with E-state index < -0.39 is 11.5 Å². The van der Waals surface area contributed by atoms with Crippen molar-refractivity contribution in [2.24, 2.45) is 0 Å². The molecular formula is C29H35N5O6. The van der Waals surface area contributed by atoms with Gasteiger partial charge >= 0.3 is 6.03 Å². The third kappa shape index (κ3) is 4.63. The van der Waals surface area contributed by atoms with Crippen molar-refractivity contribution in [2.75, 3.05) is 78.6 Å². The van der Waals surface area contributed by atoms with Gasteiger partial charge in [0.05, 0.1) is 52.0 Å². The minimum absolute atomic E-state index is 0.0386. The molecule has 212 valence electrons. The summed E-state index contributed by atoms with van der Waals surface area (Å²) in [6.07, 6.45) is 0. The maximum atomic E-state index is 13.7. The Morgan fingerprint density at radius 1 is 1.05 bits per heavy atom. The Balaban J connectivity index is 1.30. The van der Waals surface area contributed by atoms with Gasteiger partial charge in [-0.15, -0.1) is 0 Å². The quantitative estimate of drug-likeness (QED) is 0.431. The summed E-state index contributed by atoms with van der Waals surface area (Å²) in [7, 11) is 3.22. The second-order valence-electron chi connectivity index (χ2n) is 10.7. The number of aromatic nitrogens is 1. The maximum Gasteiger partial charge on any atom is 0.321 e. The number of urea groups is 1. The summed E-state index contributed by atoms with van der Waals surface area (Å²) in [4.78, 5) is 36.0. The molecule has 3 N–H and O–H groups in total. The lowest BCUT2D eigenvalue weighted by molar-refractivity contribution is -0.140. The normalized spacial score (nSPS) is 20.2. The van der Waals surface area contributed by atoms with Crippen molar-refractivity contribution in [2.45, 2.75) is 11.5 Å². The van der Waals surface area contributed by atoms with E-state index in [-0.39, 0.29) is 25.1 Å². The summed E-state index contributed by atoms with van der Waals surface area (Å²) in [5.74, 6) is 1.39. The fourth-order valence-electron chi connectivity index (χ4n) is 6.27. The molecule has 4 heterocycles. The maximum absolute atomic E-state index is 13.7. The average Bonchev–Trinajstić information content (AvgIpc) is 3.35. The fraction of sp³-hybridized carbons (Fsp3) is 0.448. The molecule has 0 unspecified atom stereocenters. The number of aromatic amines is 1. The van der Waals surface area contributed by atoms with E-state index in [2.05, 4.69) is 15.2 Å². The SMILES string of the molecule is COc1ccc(NC(=O)N2CC3(C2)CN(C(=O)CN2CCOCC2)[C@@H](CO)c2[nH]c4cc(OC)ccc4c23)cc1. The zero-order chi connectivity index (χ0) is 27.9. The number of amides is 3. The van der Waals surface area contributed by atoms with E-state index in [0.29, 0.717) is 57.4 Å². The van der Waals surface area contributed by atoms with Gasteiger partial charge in [0.15, 0.2) is 0 Å². The number of ether oxygens (including phenoxy) is 3. The Labute approximate surface area is 232 Å². The Morgan fingerprint density at radius 2 is 1.75 bits per heavy atom. The lowest BCUT2D eigenvalue weighted by atomic mass is 9.68. The van der Waals surface area contributed by atoms with Gasteiger partial charge in [0.2, 0.25) is 5.91 Å². The van der Waals surface area contributed by atoms with E-state index in [4.69, 9.17) is 14.2 Å². The van der Waals surface area contributed by atoms with Crippen molar-refractivity contribution in [3.63, 3.8) is 0 Å². The third-order valence-corrected chi connectivity index (χ3v) is 8.32. The first-order valence-corrected chi connectivity index (χ1v) is 13.5. The van der Waals surface area contributed by atoms with Crippen molar-refractivity contribution < 1.29 is 28.9 Å². The van der Waals surface area contributed by atoms with Gasteiger partial charge in [-0.2, -0.15) is 0 Å². The Morgan fingerprint density at radius 3 is 2.42 bits per heavy atom. The zero-order valence-corrected chi connectivity index (χ0v) is 22.8. The van der Waals surface area contributed by atoms with Gasteiger partial charge in [0, 0.05) is 61.1 Å². The monoisotopic (exact) mass is 549 g/mol. The molecule has 1 spiro atoms. The van der Waals surface area contributed by atoms with Crippen LogP contribution in [0.25, 0.3) is 10.9 Å². The summed E-state index contributed by atoms with van der Waals surface area (Å²) in [5, 5.41) is 14.5. The van der Waals surface area contributed by atoms with Crippen LogP contribution in [0.4, 0.5) is 10.5 Å². The van der Waals surface area contributed by atoms with Crippen molar-refractivity contribution in [1.82, 2.24) is 19.7 Å². The predicted octanol–water partition coefficient (Wildman–Crippen LogP) is 2.18. The fourth-order valence-corrected chi connectivity index (χ4v) is 6.27. The number of nitrogens with one attached hydrogen (secondary N) is 2. The van der Waals surface area contributed by atoms with Gasteiger partial charge in [-0.3, -0.25) is 9.69 Å². The molecule has 2 fully saturated rings. The molecule has 1 atom stereocenters.